The van der Waals surface area contributed by atoms with Gasteiger partial charge in [-0.1, -0.05) is 18.5 Å². The molecule has 1 atom stereocenters. The van der Waals surface area contributed by atoms with Crippen molar-refractivity contribution in [1.29, 1.82) is 0 Å². The predicted octanol–water partition coefficient (Wildman–Crippen LogP) is 2.57. The van der Waals surface area contributed by atoms with Crippen molar-refractivity contribution in [2.75, 3.05) is 13.1 Å². The molecule has 0 aromatic carbocycles. The molecule has 94 valence electrons. The number of piperidine rings is 1. The number of hydrogen-bond donors (Lipinski definition) is 0. The average molecular weight is 235 g/mol. The summed E-state index contributed by atoms with van der Waals surface area (Å²) in [5, 5.41) is 4.07. The summed E-state index contributed by atoms with van der Waals surface area (Å²) in [6.07, 6.45) is 6.45. The maximum absolute atomic E-state index is 5.33. The van der Waals surface area contributed by atoms with Crippen LogP contribution in [0.4, 0.5) is 0 Å². The van der Waals surface area contributed by atoms with Gasteiger partial charge < -0.3 is 4.52 Å². The van der Waals surface area contributed by atoms with Crippen LogP contribution >= 0.6 is 0 Å². The van der Waals surface area contributed by atoms with E-state index < -0.39 is 0 Å². The molecule has 2 aliphatic rings. The van der Waals surface area contributed by atoms with E-state index in [-0.39, 0.29) is 0 Å². The molecule has 0 bridgehead atoms. The first-order chi connectivity index (χ1) is 8.35. The molecule has 0 N–H and O–H groups in total. The van der Waals surface area contributed by atoms with E-state index in [1.54, 1.807) is 0 Å². The first-order valence-electron chi connectivity index (χ1n) is 6.90. The van der Waals surface area contributed by atoms with Crippen molar-refractivity contribution in [2.45, 2.75) is 51.5 Å². The van der Waals surface area contributed by atoms with E-state index in [2.05, 4.69) is 22.0 Å². The third-order valence-electron chi connectivity index (χ3n) is 3.97. The van der Waals surface area contributed by atoms with Crippen LogP contribution in [0.3, 0.4) is 0 Å². The Balaban J connectivity index is 1.57. The molecule has 4 nitrogen and oxygen atoms in total. The van der Waals surface area contributed by atoms with Crippen LogP contribution < -0.4 is 0 Å². The van der Waals surface area contributed by atoms with Gasteiger partial charge in [-0.25, -0.2) is 0 Å². The topological polar surface area (TPSA) is 42.2 Å². The summed E-state index contributed by atoms with van der Waals surface area (Å²) in [6, 6.07) is 0. The van der Waals surface area contributed by atoms with Crippen molar-refractivity contribution in [1.82, 2.24) is 15.0 Å². The molecule has 3 rings (SSSR count). The maximum atomic E-state index is 5.33. The largest absolute Gasteiger partial charge is 0.338 e. The normalized spacial score (nSPS) is 26.3. The van der Waals surface area contributed by atoms with Crippen LogP contribution in [0.5, 0.6) is 0 Å². The molecular formula is C13H21N3O. The highest BCUT2D eigenvalue weighted by Gasteiger charge is 2.29. The summed E-state index contributed by atoms with van der Waals surface area (Å²) >= 11 is 0. The lowest BCUT2D eigenvalue weighted by Gasteiger charge is -2.30. The fourth-order valence-electron chi connectivity index (χ4n) is 2.66. The van der Waals surface area contributed by atoms with Crippen LogP contribution in [-0.4, -0.2) is 28.1 Å². The van der Waals surface area contributed by atoms with Gasteiger partial charge in [0.15, 0.2) is 5.82 Å². The zero-order valence-electron chi connectivity index (χ0n) is 10.6. The minimum absolute atomic E-state index is 0.595. The lowest BCUT2D eigenvalue weighted by Crippen LogP contribution is -2.34. The first kappa shape index (κ1) is 11.2. The van der Waals surface area contributed by atoms with Gasteiger partial charge in [-0.3, -0.25) is 4.90 Å². The van der Waals surface area contributed by atoms with Gasteiger partial charge in [0.2, 0.25) is 5.89 Å². The van der Waals surface area contributed by atoms with Gasteiger partial charge in [0.05, 0.1) is 6.54 Å². The van der Waals surface area contributed by atoms with Crippen molar-refractivity contribution in [2.24, 2.45) is 5.92 Å². The van der Waals surface area contributed by atoms with Gasteiger partial charge in [0, 0.05) is 12.5 Å². The second-order valence-electron chi connectivity index (χ2n) is 5.47. The van der Waals surface area contributed by atoms with Crippen LogP contribution in [0.25, 0.3) is 0 Å². The molecular weight excluding hydrogens is 214 g/mol. The Morgan fingerprint density at radius 2 is 2.24 bits per heavy atom. The van der Waals surface area contributed by atoms with E-state index in [4.69, 9.17) is 4.52 Å². The molecule has 1 saturated carbocycles. The van der Waals surface area contributed by atoms with Crippen LogP contribution in [0.1, 0.15) is 56.7 Å². The van der Waals surface area contributed by atoms with E-state index in [1.165, 1.54) is 45.2 Å². The molecule has 1 saturated heterocycles. The first-order valence-corrected chi connectivity index (χ1v) is 6.90. The molecule has 1 aromatic heterocycles. The molecule has 2 fully saturated rings. The number of likely N-dealkylation sites (tertiary alicyclic amines) is 1. The summed E-state index contributed by atoms with van der Waals surface area (Å²) in [4.78, 5) is 6.96. The van der Waals surface area contributed by atoms with E-state index in [1.807, 2.05) is 0 Å². The second kappa shape index (κ2) is 4.77. The Labute approximate surface area is 102 Å². The van der Waals surface area contributed by atoms with Crippen LogP contribution in [0, 0.1) is 5.92 Å². The second-order valence-corrected chi connectivity index (χ2v) is 5.47. The molecule has 0 spiro atoms. The van der Waals surface area contributed by atoms with Gasteiger partial charge in [-0.2, -0.15) is 4.98 Å². The lowest BCUT2D eigenvalue weighted by molar-refractivity contribution is 0.148. The SMILES string of the molecule is CCC1CCCN(Cc2nc(C3CC3)no2)C1. The van der Waals surface area contributed by atoms with Crippen LogP contribution in [0.2, 0.25) is 0 Å². The van der Waals surface area contributed by atoms with Gasteiger partial charge in [-0.15, -0.1) is 0 Å². The predicted molar refractivity (Wildman–Crippen MR) is 64.6 cm³/mol. The van der Waals surface area contributed by atoms with Crippen molar-refractivity contribution in [3.05, 3.63) is 11.7 Å². The summed E-state index contributed by atoms with van der Waals surface area (Å²) < 4.78 is 5.33. The molecule has 1 aliphatic carbocycles. The molecule has 2 heterocycles. The molecule has 1 unspecified atom stereocenters. The van der Waals surface area contributed by atoms with Gasteiger partial charge in [-0.05, 0) is 38.1 Å². The average Bonchev–Trinajstić information content (AvgIpc) is 3.11. The third-order valence-corrected chi connectivity index (χ3v) is 3.97. The number of nitrogens with zero attached hydrogens (tertiary/aromatic N) is 3. The van der Waals surface area contributed by atoms with Crippen LogP contribution in [0.15, 0.2) is 4.52 Å². The smallest absolute Gasteiger partial charge is 0.240 e. The Morgan fingerprint density at radius 3 is 3.00 bits per heavy atom. The van der Waals surface area contributed by atoms with E-state index >= 15 is 0 Å². The Hall–Kier alpha value is -0.900. The van der Waals surface area contributed by atoms with Crippen molar-refractivity contribution in [3.8, 4) is 0 Å². The quantitative estimate of drug-likeness (QED) is 0.804. The molecule has 17 heavy (non-hydrogen) atoms. The summed E-state index contributed by atoms with van der Waals surface area (Å²) in [5.41, 5.74) is 0. The Kier molecular flexibility index (Phi) is 3.14. The van der Waals surface area contributed by atoms with E-state index in [9.17, 15) is 0 Å². The Bertz CT molecular complexity index is 372. The maximum Gasteiger partial charge on any atom is 0.240 e. The highest BCUT2D eigenvalue weighted by molar-refractivity contribution is 5.03. The lowest BCUT2D eigenvalue weighted by atomic mass is 9.96. The Morgan fingerprint density at radius 1 is 1.35 bits per heavy atom. The standard InChI is InChI=1S/C13H21N3O/c1-2-10-4-3-7-16(8-10)9-12-14-13(15-17-12)11-5-6-11/h10-11H,2-9H2,1H3. The van der Waals surface area contributed by atoms with Crippen LogP contribution in [-0.2, 0) is 6.54 Å². The molecule has 1 aliphatic heterocycles. The molecule has 0 radical (unpaired) electrons. The third kappa shape index (κ3) is 2.68. The molecule has 1 aromatic rings. The van der Waals surface area contributed by atoms with Gasteiger partial charge in [0.25, 0.3) is 0 Å². The summed E-state index contributed by atoms with van der Waals surface area (Å²) in [6.45, 7) is 5.50. The monoisotopic (exact) mass is 235 g/mol. The van der Waals surface area contributed by atoms with Crippen molar-refractivity contribution in [3.63, 3.8) is 0 Å². The van der Waals surface area contributed by atoms with Crippen molar-refractivity contribution >= 4 is 0 Å². The number of rotatable bonds is 4. The fraction of sp³-hybridized carbons (Fsp3) is 0.846. The van der Waals surface area contributed by atoms with Gasteiger partial charge >= 0.3 is 0 Å². The van der Waals surface area contributed by atoms with Crippen molar-refractivity contribution < 1.29 is 4.52 Å². The van der Waals surface area contributed by atoms with E-state index in [0.717, 1.165) is 24.2 Å². The number of hydrogen-bond acceptors (Lipinski definition) is 4. The highest BCUT2D eigenvalue weighted by Crippen LogP contribution is 2.38. The minimum atomic E-state index is 0.595. The highest BCUT2D eigenvalue weighted by atomic mass is 16.5. The minimum Gasteiger partial charge on any atom is -0.338 e. The zero-order valence-corrected chi connectivity index (χ0v) is 10.6. The zero-order chi connectivity index (χ0) is 11.7. The van der Waals surface area contributed by atoms with E-state index in [0.29, 0.717) is 5.92 Å². The summed E-state index contributed by atoms with van der Waals surface area (Å²) in [7, 11) is 0. The molecule has 4 heteroatoms. The van der Waals surface area contributed by atoms with Gasteiger partial charge in [0.1, 0.15) is 0 Å². The number of aromatic nitrogens is 2. The molecule has 0 amide bonds. The summed E-state index contributed by atoms with van der Waals surface area (Å²) in [5.74, 6) is 3.19. The fourth-order valence-corrected chi connectivity index (χ4v) is 2.66.